The third-order valence-corrected chi connectivity index (χ3v) is 18.8. The Bertz CT molecular complexity index is 2570. The topological polar surface area (TPSA) is 192 Å². The van der Waals surface area contributed by atoms with E-state index in [1.807, 2.05) is 39.8 Å². The number of aryl methyl sites for hydroxylation is 4. The van der Waals surface area contributed by atoms with Gasteiger partial charge in [0, 0.05) is 66.1 Å². The zero-order valence-corrected chi connectivity index (χ0v) is 44.5. The van der Waals surface area contributed by atoms with Crippen molar-refractivity contribution in [3.63, 3.8) is 0 Å². The van der Waals surface area contributed by atoms with Crippen LogP contribution in [0.5, 0.6) is 0 Å². The van der Waals surface area contributed by atoms with Crippen molar-refractivity contribution in [3.8, 4) is 0 Å². The smallest absolute Gasteiger partial charge is 0.253 e. The summed E-state index contributed by atoms with van der Waals surface area (Å²) in [5.41, 5.74) is 5.58. The molecular weight excluding hydrogens is 981 g/mol. The Morgan fingerprint density at radius 1 is 0.652 bits per heavy atom. The maximum absolute atomic E-state index is 13.0. The van der Waals surface area contributed by atoms with E-state index in [1.165, 1.54) is 63.7 Å². The average Bonchev–Trinajstić information content (AvgIpc) is 3.80. The standard InChI is InChI=1S/C26H35N3O4S.C15H23N3O3S.C11H13BrO/c1-18-15-21(17-20(3)30)16-19(2)23(18)9-14-34(32,33)29-12-10-26(11-13-29)25(31)27-24(28-26)22-7-5-4-6-8-22;1-2-22(20,21)18-10-8-15(9-11-18)14(19)16-13(17-15)12-6-4-3-5-7-12;1-7-4-10(6-9(3)13)5-8(2)11(7)12/h9,14-16,22H,4-8,10-13,17H2,1-3H3,(H,27,28,31);2,12H,1,3-11H2,(H,16,17,19);4-5H,6H2,1-3H3/b14-9+;;. The maximum atomic E-state index is 13.0. The first-order valence-corrected chi connectivity index (χ1v) is 28.3. The first-order chi connectivity index (χ1) is 32.6. The molecule has 17 heteroatoms. The molecule has 2 aromatic rings. The maximum Gasteiger partial charge on any atom is 0.253 e. The number of nitrogens with zero attached hydrogens (tertiary/aromatic N) is 4. The summed E-state index contributed by atoms with van der Waals surface area (Å²) in [4.78, 5) is 57.1. The summed E-state index contributed by atoms with van der Waals surface area (Å²) in [7, 11) is -7.03. The number of nitrogens with one attached hydrogen (secondary N) is 2. The van der Waals surface area contributed by atoms with Crippen molar-refractivity contribution >= 4 is 77.1 Å². The lowest BCUT2D eigenvalue weighted by molar-refractivity contribution is -0.125. The second kappa shape index (κ2) is 22.9. The van der Waals surface area contributed by atoms with Gasteiger partial charge in [-0.2, -0.15) is 8.61 Å². The van der Waals surface area contributed by atoms with Gasteiger partial charge in [-0.05, 0) is 138 Å². The number of aliphatic imine (C=N–C) groups is 2. The lowest BCUT2D eigenvalue weighted by atomic mass is 9.88. The fourth-order valence-electron chi connectivity index (χ4n) is 10.6. The van der Waals surface area contributed by atoms with Gasteiger partial charge in [-0.15, -0.1) is 0 Å². The molecule has 2 saturated carbocycles. The van der Waals surface area contributed by atoms with Crippen LogP contribution in [0.2, 0.25) is 0 Å². The molecule has 0 bridgehead atoms. The van der Waals surface area contributed by atoms with Gasteiger partial charge in [0.2, 0.25) is 20.0 Å². The van der Waals surface area contributed by atoms with Crippen molar-refractivity contribution in [2.75, 3.05) is 26.2 Å². The van der Waals surface area contributed by atoms with Crippen LogP contribution < -0.4 is 10.6 Å². The van der Waals surface area contributed by atoms with E-state index in [0.717, 1.165) is 75.1 Å². The first-order valence-electron chi connectivity index (χ1n) is 24.5. The van der Waals surface area contributed by atoms with Crippen LogP contribution in [0.25, 0.3) is 6.08 Å². The van der Waals surface area contributed by atoms with Crippen LogP contribution in [0.15, 0.2) is 56.1 Å². The molecular formula is C52H71BrN6O8S2. The fraction of sp³-hybridized carbons (Fsp3) is 0.577. The number of ketones is 2. The van der Waals surface area contributed by atoms with Crippen LogP contribution in [-0.2, 0) is 52.1 Å². The summed E-state index contributed by atoms with van der Waals surface area (Å²) in [6, 6.07) is 7.98. The Morgan fingerprint density at radius 2 is 1.01 bits per heavy atom. The number of carbonyl (C=O) groups excluding carboxylic acids is 4. The van der Waals surface area contributed by atoms with Crippen LogP contribution in [0.3, 0.4) is 0 Å². The molecule has 4 heterocycles. The van der Waals surface area contributed by atoms with Crippen LogP contribution in [-0.4, -0.2) is 97.8 Å². The van der Waals surface area contributed by atoms with Crippen LogP contribution in [0.4, 0.5) is 0 Å². The normalized spacial score (nSPS) is 21.1. The highest BCUT2D eigenvalue weighted by atomic mass is 79.9. The van der Waals surface area contributed by atoms with Gasteiger partial charge in [-0.1, -0.05) is 85.3 Å². The molecule has 6 aliphatic rings. The summed E-state index contributed by atoms with van der Waals surface area (Å²) < 4.78 is 53.7. The van der Waals surface area contributed by atoms with Gasteiger partial charge in [0.1, 0.15) is 34.3 Å². The lowest BCUT2D eigenvalue weighted by Gasteiger charge is -2.34. The largest absolute Gasteiger partial charge is 0.312 e. The molecule has 0 radical (unpaired) electrons. The predicted octanol–water partition coefficient (Wildman–Crippen LogP) is 8.28. The van der Waals surface area contributed by atoms with Gasteiger partial charge in [0.05, 0.1) is 0 Å². The molecule has 0 unspecified atom stereocenters. The number of carbonyl (C=O) groups is 4. The Labute approximate surface area is 418 Å². The monoisotopic (exact) mass is 1050 g/mol. The molecule has 2 amide bonds. The van der Waals surface area contributed by atoms with E-state index in [-0.39, 0.29) is 36.5 Å². The third-order valence-electron chi connectivity index (χ3n) is 14.5. The molecule has 2 aromatic carbocycles. The van der Waals surface area contributed by atoms with Crippen molar-refractivity contribution in [1.82, 2.24) is 19.2 Å². The summed E-state index contributed by atoms with van der Waals surface area (Å²) >= 11 is 3.49. The van der Waals surface area contributed by atoms with E-state index in [9.17, 15) is 36.0 Å². The van der Waals surface area contributed by atoms with Crippen molar-refractivity contribution in [2.24, 2.45) is 21.8 Å². The third kappa shape index (κ3) is 13.4. The average molecular weight is 1050 g/mol. The fourth-order valence-corrected chi connectivity index (χ4v) is 12.9. The second-order valence-electron chi connectivity index (χ2n) is 19.9. The number of halogens is 1. The molecule has 4 aliphatic heterocycles. The quantitative estimate of drug-likeness (QED) is 0.225. The Kier molecular flexibility index (Phi) is 18.0. The van der Waals surface area contributed by atoms with Gasteiger partial charge in [-0.3, -0.25) is 29.2 Å². The molecule has 0 atom stereocenters. The van der Waals surface area contributed by atoms with E-state index in [4.69, 9.17) is 9.98 Å². The number of hydrogen-bond acceptors (Lipinski definition) is 10. The summed E-state index contributed by atoms with van der Waals surface area (Å²) in [5, 5.41) is 8.22. The molecule has 2 N–H and O–H groups in total. The van der Waals surface area contributed by atoms with Crippen LogP contribution in [0.1, 0.15) is 143 Å². The number of Topliss-reactive ketones (excluding diaryl/α,β-unsaturated/α-hetero) is 2. The zero-order chi connectivity index (χ0) is 50.3. The van der Waals surface area contributed by atoms with E-state index in [2.05, 4.69) is 45.3 Å². The van der Waals surface area contributed by atoms with Crippen molar-refractivity contribution in [1.29, 1.82) is 0 Å². The van der Waals surface area contributed by atoms with E-state index < -0.39 is 31.1 Å². The predicted molar refractivity (Wildman–Crippen MR) is 277 cm³/mol. The molecule has 2 saturated heterocycles. The van der Waals surface area contributed by atoms with Gasteiger partial charge < -0.3 is 10.6 Å². The van der Waals surface area contributed by atoms with Crippen molar-refractivity contribution in [3.05, 3.63) is 85.1 Å². The number of benzene rings is 2. The van der Waals surface area contributed by atoms with E-state index >= 15 is 0 Å². The molecule has 8 rings (SSSR count). The number of rotatable bonds is 11. The summed E-state index contributed by atoms with van der Waals surface area (Å²) in [6.07, 6.45) is 15.8. The minimum Gasteiger partial charge on any atom is -0.312 e. The van der Waals surface area contributed by atoms with Gasteiger partial charge in [-0.25, -0.2) is 16.8 Å². The highest BCUT2D eigenvalue weighted by Crippen LogP contribution is 2.37. The van der Waals surface area contributed by atoms with E-state index in [0.29, 0.717) is 63.5 Å². The Balaban J connectivity index is 0.000000190. The second-order valence-corrected chi connectivity index (χ2v) is 24.4. The Morgan fingerprint density at radius 3 is 1.38 bits per heavy atom. The highest BCUT2D eigenvalue weighted by molar-refractivity contribution is 9.10. The number of piperidine rings is 2. The molecule has 69 heavy (non-hydrogen) atoms. The Hall–Kier alpha value is -4.16. The van der Waals surface area contributed by atoms with Gasteiger partial charge in [0.15, 0.2) is 0 Å². The lowest BCUT2D eigenvalue weighted by Crippen LogP contribution is -2.50. The molecule has 2 spiro atoms. The van der Waals surface area contributed by atoms with Crippen LogP contribution >= 0.6 is 15.9 Å². The minimum atomic E-state index is -3.62. The summed E-state index contributed by atoms with van der Waals surface area (Å²) in [6.45, 7) is 15.7. The molecule has 4 fully saturated rings. The molecule has 14 nitrogen and oxygen atoms in total. The van der Waals surface area contributed by atoms with Crippen molar-refractivity contribution < 1.29 is 36.0 Å². The van der Waals surface area contributed by atoms with E-state index in [1.54, 1.807) is 19.9 Å². The molecule has 0 aromatic heterocycles. The van der Waals surface area contributed by atoms with Crippen LogP contribution in [0, 0.1) is 39.5 Å². The number of amidine groups is 2. The minimum absolute atomic E-state index is 0.0521. The number of amides is 2. The molecule has 376 valence electrons. The molecule has 2 aliphatic carbocycles. The SMILES string of the molecule is C=CS(=O)(=O)N1CCC2(CC1)N=C(C1CCCCC1)NC2=O.CC(=O)Cc1cc(C)c(/C=C/S(=O)(=O)N2CCC3(CC2)N=C(C2CCCCC2)NC3=O)c(C)c1.CC(=O)Cc1cc(C)c(Br)c(C)c1. The van der Waals surface area contributed by atoms with Gasteiger partial charge >= 0.3 is 0 Å². The first kappa shape index (κ1) is 54.2. The number of sulfonamides is 2. The zero-order valence-electron chi connectivity index (χ0n) is 41.3. The van der Waals surface area contributed by atoms with Crippen molar-refractivity contribution in [2.45, 2.75) is 155 Å². The highest BCUT2D eigenvalue weighted by Gasteiger charge is 2.49. The summed E-state index contributed by atoms with van der Waals surface area (Å²) in [5.74, 6) is 2.54. The van der Waals surface area contributed by atoms with Gasteiger partial charge in [0.25, 0.3) is 11.8 Å². The number of hydrogen-bond donors (Lipinski definition) is 2.